The van der Waals surface area contributed by atoms with Crippen LogP contribution in [0.2, 0.25) is 0 Å². The lowest BCUT2D eigenvalue weighted by molar-refractivity contribution is -0.146. The molecule has 1 aromatic heterocycles. The fourth-order valence-electron chi connectivity index (χ4n) is 1.39. The SMILES string of the molecule is COC(=O)C1(n2cc(Br)c(Br)n2)CC1. The Morgan fingerprint density at radius 3 is 2.64 bits per heavy atom. The number of ether oxygens (including phenoxy) is 1. The molecule has 0 unspecified atom stereocenters. The minimum atomic E-state index is -0.552. The Morgan fingerprint density at radius 2 is 2.29 bits per heavy atom. The monoisotopic (exact) mass is 322 g/mol. The van der Waals surface area contributed by atoms with E-state index < -0.39 is 5.54 Å². The van der Waals surface area contributed by atoms with E-state index in [9.17, 15) is 4.79 Å². The molecule has 0 saturated heterocycles. The Hall–Kier alpha value is -0.360. The summed E-state index contributed by atoms with van der Waals surface area (Å²) in [6.45, 7) is 0. The Bertz CT molecular complexity index is 365. The summed E-state index contributed by atoms with van der Waals surface area (Å²) in [4.78, 5) is 11.5. The highest BCUT2D eigenvalue weighted by Gasteiger charge is 2.54. The van der Waals surface area contributed by atoms with Gasteiger partial charge >= 0.3 is 5.97 Å². The van der Waals surface area contributed by atoms with Gasteiger partial charge in [-0.2, -0.15) is 5.10 Å². The molecule has 0 aromatic carbocycles. The van der Waals surface area contributed by atoms with Crippen molar-refractivity contribution in [3.05, 3.63) is 15.3 Å². The van der Waals surface area contributed by atoms with Crippen molar-refractivity contribution >= 4 is 37.8 Å². The third kappa shape index (κ3) is 1.40. The maximum atomic E-state index is 11.5. The molecule has 1 heterocycles. The zero-order valence-electron chi connectivity index (χ0n) is 7.46. The van der Waals surface area contributed by atoms with Crippen LogP contribution in [0.3, 0.4) is 0 Å². The zero-order valence-corrected chi connectivity index (χ0v) is 10.6. The number of esters is 1. The molecule has 14 heavy (non-hydrogen) atoms. The highest BCUT2D eigenvalue weighted by molar-refractivity contribution is 9.13. The Labute approximate surface area is 97.9 Å². The molecule has 6 heteroatoms. The first-order valence-electron chi connectivity index (χ1n) is 4.10. The molecule has 1 aliphatic rings. The van der Waals surface area contributed by atoms with E-state index in [0.29, 0.717) is 4.60 Å². The zero-order chi connectivity index (χ0) is 10.3. The molecule has 1 fully saturated rings. The average molecular weight is 324 g/mol. The minimum Gasteiger partial charge on any atom is -0.467 e. The standard InChI is InChI=1S/C8H8Br2N2O2/c1-14-7(13)8(2-3-8)12-4-5(9)6(10)11-12/h4H,2-3H2,1H3. The normalized spacial score (nSPS) is 17.9. The largest absolute Gasteiger partial charge is 0.467 e. The van der Waals surface area contributed by atoms with Crippen molar-refractivity contribution in [1.82, 2.24) is 9.78 Å². The predicted octanol–water partition coefficient (Wildman–Crippen LogP) is 2.07. The van der Waals surface area contributed by atoms with Crippen molar-refractivity contribution in [2.24, 2.45) is 0 Å². The van der Waals surface area contributed by atoms with Gasteiger partial charge in [-0.3, -0.25) is 4.68 Å². The molecule has 0 atom stereocenters. The number of rotatable bonds is 2. The van der Waals surface area contributed by atoms with Crippen molar-refractivity contribution in [1.29, 1.82) is 0 Å². The van der Waals surface area contributed by atoms with Gasteiger partial charge in [-0.05, 0) is 44.7 Å². The third-order valence-electron chi connectivity index (χ3n) is 2.36. The fourth-order valence-corrected chi connectivity index (χ4v) is 1.93. The quantitative estimate of drug-likeness (QED) is 0.783. The van der Waals surface area contributed by atoms with Crippen LogP contribution >= 0.6 is 31.9 Å². The molecule has 0 bridgehead atoms. The van der Waals surface area contributed by atoms with E-state index in [-0.39, 0.29) is 5.97 Å². The van der Waals surface area contributed by atoms with Gasteiger partial charge in [0.05, 0.1) is 11.6 Å². The maximum absolute atomic E-state index is 11.5. The van der Waals surface area contributed by atoms with Crippen molar-refractivity contribution in [3.63, 3.8) is 0 Å². The lowest BCUT2D eigenvalue weighted by Gasteiger charge is -2.12. The van der Waals surface area contributed by atoms with Crippen LogP contribution in [-0.4, -0.2) is 22.9 Å². The van der Waals surface area contributed by atoms with Gasteiger partial charge < -0.3 is 4.74 Å². The highest BCUT2D eigenvalue weighted by Crippen LogP contribution is 2.45. The van der Waals surface area contributed by atoms with Crippen LogP contribution in [0.4, 0.5) is 0 Å². The summed E-state index contributed by atoms with van der Waals surface area (Å²) >= 11 is 6.60. The van der Waals surface area contributed by atoms with Crippen LogP contribution in [0.15, 0.2) is 15.3 Å². The number of methoxy groups -OCH3 is 1. The number of hydrogen-bond donors (Lipinski definition) is 0. The summed E-state index contributed by atoms with van der Waals surface area (Å²) in [5.41, 5.74) is -0.552. The summed E-state index contributed by atoms with van der Waals surface area (Å²) in [5, 5.41) is 4.20. The first-order chi connectivity index (χ1) is 6.60. The van der Waals surface area contributed by atoms with E-state index in [1.807, 2.05) is 0 Å². The van der Waals surface area contributed by atoms with E-state index in [1.165, 1.54) is 7.11 Å². The van der Waals surface area contributed by atoms with Gasteiger partial charge in [0, 0.05) is 6.20 Å². The van der Waals surface area contributed by atoms with E-state index in [4.69, 9.17) is 4.74 Å². The lowest BCUT2D eigenvalue weighted by Crippen LogP contribution is -2.29. The van der Waals surface area contributed by atoms with Gasteiger partial charge in [0.2, 0.25) is 0 Å². The molecule has 0 spiro atoms. The molecule has 0 amide bonds. The van der Waals surface area contributed by atoms with E-state index in [2.05, 4.69) is 37.0 Å². The first-order valence-corrected chi connectivity index (χ1v) is 5.68. The molecular weight excluding hydrogens is 316 g/mol. The molecule has 1 aromatic rings. The molecule has 0 aliphatic heterocycles. The summed E-state index contributed by atoms with van der Waals surface area (Å²) in [5.74, 6) is -0.222. The second-order valence-electron chi connectivity index (χ2n) is 3.24. The molecule has 0 N–H and O–H groups in total. The van der Waals surface area contributed by atoms with Crippen molar-refractivity contribution in [3.8, 4) is 0 Å². The smallest absolute Gasteiger partial charge is 0.333 e. The summed E-state index contributed by atoms with van der Waals surface area (Å²) in [6, 6.07) is 0. The Morgan fingerprint density at radius 1 is 1.64 bits per heavy atom. The maximum Gasteiger partial charge on any atom is 0.333 e. The van der Waals surface area contributed by atoms with Crippen LogP contribution in [0, 0.1) is 0 Å². The van der Waals surface area contributed by atoms with Gasteiger partial charge in [0.25, 0.3) is 0 Å². The van der Waals surface area contributed by atoms with Crippen molar-refractivity contribution in [2.45, 2.75) is 18.4 Å². The number of halogens is 2. The van der Waals surface area contributed by atoms with Gasteiger partial charge in [-0.25, -0.2) is 4.79 Å². The average Bonchev–Trinajstić information content (AvgIpc) is 2.90. The van der Waals surface area contributed by atoms with Gasteiger partial charge in [0.15, 0.2) is 5.54 Å². The molecule has 1 aliphatic carbocycles. The van der Waals surface area contributed by atoms with Gasteiger partial charge in [-0.15, -0.1) is 0 Å². The van der Waals surface area contributed by atoms with Gasteiger partial charge in [-0.1, -0.05) is 0 Å². The summed E-state index contributed by atoms with van der Waals surface area (Å²) < 4.78 is 7.95. The Balaban J connectivity index is 2.35. The summed E-state index contributed by atoms with van der Waals surface area (Å²) in [7, 11) is 1.40. The Kier molecular flexibility index (Phi) is 2.43. The first kappa shape index (κ1) is 10.2. The molecule has 2 rings (SSSR count). The van der Waals surface area contributed by atoms with Crippen LogP contribution in [0.25, 0.3) is 0 Å². The molecular formula is C8H8Br2N2O2. The number of nitrogens with zero attached hydrogens (tertiary/aromatic N) is 2. The lowest BCUT2D eigenvalue weighted by atomic mass is 10.3. The second kappa shape index (κ2) is 3.34. The van der Waals surface area contributed by atoms with E-state index in [0.717, 1.165) is 17.3 Å². The van der Waals surface area contributed by atoms with E-state index in [1.54, 1.807) is 10.9 Å². The third-order valence-corrected chi connectivity index (χ3v) is 4.05. The second-order valence-corrected chi connectivity index (χ2v) is 4.84. The van der Waals surface area contributed by atoms with Crippen LogP contribution in [0.1, 0.15) is 12.8 Å². The van der Waals surface area contributed by atoms with Crippen LogP contribution < -0.4 is 0 Å². The number of carbonyl (C=O) groups is 1. The van der Waals surface area contributed by atoms with Crippen LogP contribution in [-0.2, 0) is 15.1 Å². The summed E-state index contributed by atoms with van der Waals surface area (Å²) in [6.07, 6.45) is 3.37. The number of aromatic nitrogens is 2. The molecule has 1 saturated carbocycles. The van der Waals surface area contributed by atoms with E-state index >= 15 is 0 Å². The van der Waals surface area contributed by atoms with Crippen molar-refractivity contribution < 1.29 is 9.53 Å². The topological polar surface area (TPSA) is 44.1 Å². The fraction of sp³-hybridized carbons (Fsp3) is 0.500. The van der Waals surface area contributed by atoms with Crippen LogP contribution in [0.5, 0.6) is 0 Å². The highest BCUT2D eigenvalue weighted by atomic mass is 79.9. The number of carbonyl (C=O) groups excluding carboxylic acids is 1. The predicted molar refractivity (Wildman–Crippen MR) is 56.9 cm³/mol. The molecule has 4 nitrogen and oxygen atoms in total. The minimum absolute atomic E-state index is 0.222. The molecule has 76 valence electrons. The van der Waals surface area contributed by atoms with Crippen molar-refractivity contribution in [2.75, 3.05) is 7.11 Å². The number of hydrogen-bond acceptors (Lipinski definition) is 3. The molecule has 0 radical (unpaired) electrons. The van der Waals surface area contributed by atoms with Gasteiger partial charge in [0.1, 0.15) is 4.60 Å².